The highest BCUT2D eigenvalue weighted by atomic mass is 35.5. The number of rotatable bonds is 6. The number of nitrogens with one attached hydrogen (secondary N) is 1. The number of pyridine rings is 1. The van der Waals surface area contributed by atoms with Crippen LogP contribution >= 0.6 is 12.4 Å². The van der Waals surface area contributed by atoms with Crippen LogP contribution in [-0.2, 0) is 0 Å². The normalized spacial score (nSPS) is 15.4. The third kappa shape index (κ3) is 5.11. The Morgan fingerprint density at radius 3 is 2.55 bits per heavy atom. The van der Waals surface area contributed by atoms with Gasteiger partial charge in [-0.2, -0.15) is 0 Å². The average Bonchev–Trinajstić information content (AvgIpc) is 2.82. The zero-order valence-corrected chi connectivity index (χ0v) is 19.0. The van der Waals surface area contributed by atoms with Gasteiger partial charge in [-0.15, -0.1) is 12.4 Å². The van der Waals surface area contributed by atoms with Gasteiger partial charge in [-0.25, -0.2) is 9.78 Å². The molecule has 2 aromatic heterocycles. The van der Waals surface area contributed by atoms with Crippen molar-refractivity contribution in [1.29, 1.82) is 0 Å². The molecule has 7 nitrogen and oxygen atoms in total. The molecule has 0 bridgehead atoms. The van der Waals surface area contributed by atoms with E-state index in [2.05, 4.69) is 32.2 Å². The number of para-hydroxylation sites is 1. The van der Waals surface area contributed by atoms with Crippen molar-refractivity contribution >= 4 is 45.7 Å². The van der Waals surface area contributed by atoms with E-state index in [0.717, 1.165) is 37.4 Å². The smallest absolute Gasteiger partial charge is 0.338 e. The summed E-state index contributed by atoms with van der Waals surface area (Å²) in [4.78, 5) is 21.0. The van der Waals surface area contributed by atoms with E-state index in [1.54, 1.807) is 6.07 Å². The maximum Gasteiger partial charge on any atom is 0.338 e. The minimum absolute atomic E-state index is 0. The highest BCUT2D eigenvalue weighted by Gasteiger charge is 2.21. The number of aliphatic hydroxyl groups is 1. The Bertz CT molecular complexity index is 1280. The maximum atomic E-state index is 11.8. The number of benzene rings is 2. The molecular weight excluding hydrogens is 440 g/mol. The number of β-amino-alcohol motifs (C(OH)–C–C–N with tert-alkyl or cyclic N) is 1. The molecule has 0 spiro atoms. The fraction of sp³-hybridized carbons (Fsp3) is 0.280. The molecule has 1 aliphatic rings. The van der Waals surface area contributed by atoms with Gasteiger partial charge in [0.1, 0.15) is 11.4 Å². The first-order valence-electron chi connectivity index (χ1n) is 10.9. The zero-order chi connectivity index (χ0) is 21.9. The number of aromatic nitrogens is 1. The van der Waals surface area contributed by atoms with Crippen LogP contribution in [0.2, 0.25) is 0 Å². The van der Waals surface area contributed by atoms with Crippen LogP contribution in [-0.4, -0.2) is 60.4 Å². The summed E-state index contributed by atoms with van der Waals surface area (Å²) in [7, 11) is 0. The van der Waals surface area contributed by atoms with Gasteiger partial charge in [0.25, 0.3) is 0 Å². The van der Waals surface area contributed by atoms with E-state index < -0.39 is 11.7 Å². The number of halogens is 1. The topological polar surface area (TPSA) is 81.8 Å². The second-order valence-corrected chi connectivity index (χ2v) is 8.15. The lowest BCUT2D eigenvalue weighted by molar-refractivity contribution is 0.118. The van der Waals surface area contributed by atoms with Gasteiger partial charge in [0.15, 0.2) is 0 Å². The third-order valence-corrected chi connectivity index (χ3v) is 5.97. The molecule has 1 saturated heterocycles. The van der Waals surface area contributed by atoms with Gasteiger partial charge >= 0.3 is 5.63 Å². The number of piperazine rings is 1. The van der Waals surface area contributed by atoms with Crippen LogP contribution in [0, 0.1) is 0 Å². The summed E-state index contributed by atoms with van der Waals surface area (Å²) in [5.41, 5.74) is 0.816. The summed E-state index contributed by atoms with van der Waals surface area (Å²) in [5, 5.41) is 17.0. The van der Waals surface area contributed by atoms with Gasteiger partial charge in [0.2, 0.25) is 0 Å². The van der Waals surface area contributed by atoms with E-state index in [0.29, 0.717) is 24.4 Å². The highest BCUT2D eigenvalue weighted by Crippen LogP contribution is 2.25. The summed E-state index contributed by atoms with van der Waals surface area (Å²) in [6, 6.07) is 19.2. The molecule has 1 fully saturated rings. The standard InChI is InChI=1S/C25H26N4O3.ClH/c30-19(16-27-22-15-24(31)32-23-8-4-3-7-21(22)23)17-28-11-13-29(14-12-28)25-20-6-2-1-5-18(20)9-10-26-25;/h1-10,15,19,27,30H,11-14,16-17H2;1H. The number of hydrogen-bond donors (Lipinski definition) is 2. The van der Waals surface area contributed by atoms with Crippen LogP contribution in [0.25, 0.3) is 21.7 Å². The lowest BCUT2D eigenvalue weighted by atomic mass is 10.1. The molecule has 5 rings (SSSR count). The van der Waals surface area contributed by atoms with Crippen molar-refractivity contribution in [2.45, 2.75) is 6.10 Å². The minimum Gasteiger partial charge on any atom is -0.423 e. The second-order valence-electron chi connectivity index (χ2n) is 8.15. The zero-order valence-electron chi connectivity index (χ0n) is 18.2. The Kier molecular flexibility index (Phi) is 7.13. The second kappa shape index (κ2) is 10.2. The van der Waals surface area contributed by atoms with Gasteiger partial charge in [0, 0.05) is 62.3 Å². The molecule has 4 aromatic rings. The van der Waals surface area contributed by atoms with Crippen LogP contribution in [0.3, 0.4) is 0 Å². The van der Waals surface area contributed by atoms with Crippen LogP contribution < -0.4 is 15.8 Å². The Balaban J connectivity index is 0.00000259. The molecule has 2 aromatic carbocycles. The first kappa shape index (κ1) is 23.0. The van der Waals surface area contributed by atoms with E-state index in [4.69, 9.17) is 4.42 Å². The van der Waals surface area contributed by atoms with Crippen LogP contribution in [0.15, 0.2) is 76.1 Å². The highest BCUT2D eigenvalue weighted by molar-refractivity contribution is 5.92. The molecule has 8 heteroatoms. The van der Waals surface area contributed by atoms with E-state index in [9.17, 15) is 9.90 Å². The van der Waals surface area contributed by atoms with Crippen molar-refractivity contribution < 1.29 is 9.52 Å². The van der Waals surface area contributed by atoms with Gasteiger partial charge < -0.3 is 19.7 Å². The molecule has 0 aliphatic carbocycles. The van der Waals surface area contributed by atoms with E-state index in [1.165, 1.54) is 16.8 Å². The van der Waals surface area contributed by atoms with E-state index >= 15 is 0 Å². The molecular formula is C25H27ClN4O3. The number of fused-ring (bicyclic) bond motifs is 2. The van der Waals surface area contributed by atoms with Crippen molar-refractivity contribution in [3.8, 4) is 0 Å². The maximum absolute atomic E-state index is 11.8. The van der Waals surface area contributed by atoms with Gasteiger partial charge in [-0.3, -0.25) is 4.90 Å². The fourth-order valence-electron chi connectivity index (χ4n) is 4.35. The van der Waals surface area contributed by atoms with Crippen LogP contribution in [0.1, 0.15) is 0 Å². The van der Waals surface area contributed by atoms with Crippen LogP contribution in [0.4, 0.5) is 11.5 Å². The predicted molar refractivity (Wildman–Crippen MR) is 135 cm³/mol. The number of hydrogen-bond acceptors (Lipinski definition) is 7. The minimum atomic E-state index is -0.553. The lowest BCUT2D eigenvalue weighted by Gasteiger charge is -2.36. The number of anilines is 2. The quantitative estimate of drug-likeness (QED) is 0.422. The molecule has 0 radical (unpaired) electrons. The summed E-state index contributed by atoms with van der Waals surface area (Å²) < 4.78 is 5.23. The van der Waals surface area contributed by atoms with E-state index in [-0.39, 0.29) is 12.4 Å². The Labute approximate surface area is 198 Å². The van der Waals surface area contributed by atoms with Crippen molar-refractivity contribution in [1.82, 2.24) is 9.88 Å². The van der Waals surface area contributed by atoms with Crippen molar-refractivity contribution in [2.75, 3.05) is 49.5 Å². The average molecular weight is 467 g/mol. The fourth-order valence-corrected chi connectivity index (χ4v) is 4.35. The molecule has 172 valence electrons. The van der Waals surface area contributed by atoms with Gasteiger partial charge in [-0.05, 0) is 23.6 Å². The molecule has 3 heterocycles. The Morgan fingerprint density at radius 2 is 1.73 bits per heavy atom. The molecule has 0 saturated carbocycles. The van der Waals surface area contributed by atoms with Crippen LogP contribution in [0.5, 0.6) is 0 Å². The number of nitrogens with zero attached hydrogens (tertiary/aromatic N) is 3. The first-order chi connectivity index (χ1) is 15.7. The third-order valence-electron chi connectivity index (χ3n) is 5.97. The molecule has 1 unspecified atom stereocenters. The summed E-state index contributed by atoms with van der Waals surface area (Å²) in [6.45, 7) is 4.39. The molecule has 2 N–H and O–H groups in total. The van der Waals surface area contributed by atoms with Gasteiger partial charge in [0.05, 0.1) is 11.8 Å². The number of aliphatic hydroxyl groups excluding tert-OH is 1. The Hall–Kier alpha value is -3.13. The largest absolute Gasteiger partial charge is 0.423 e. The molecule has 0 amide bonds. The summed E-state index contributed by atoms with van der Waals surface area (Å²) in [6.07, 6.45) is 1.32. The van der Waals surface area contributed by atoms with Gasteiger partial charge in [-0.1, -0.05) is 36.4 Å². The van der Waals surface area contributed by atoms with Crippen molar-refractivity contribution in [2.24, 2.45) is 0 Å². The molecule has 33 heavy (non-hydrogen) atoms. The SMILES string of the molecule is Cl.O=c1cc(NCC(O)CN2CCN(c3nccc4ccccc34)CC2)c2ccccc2o1. The summed E-state index contributed by atoms with van der Waals surface area (Å²) in [5.74, 6) is 1.03. The monoisotopic (exact) mass is 466 g/mol. The molecule has 1 aliphatic heterocycles. The first-order valence-corrected chi connectivity index (χ1v) is 10.9. The Morgan fingerprint density at radius 1 is 1.00 bits per heavy atom. The van der Waals surface area contributed by atoms with Crippen molar-refractivity contribution in [3.63, 3.8) is 0 Å². The van der Waals surface area contributed by atoms with Crippen molar-refractivity contribution in [3.05, 3.63) is 77.3 Å². The molecule has 1 atom stereocenters. The predicted octanol–water partition coefficient (Wildman–Crippen LogP) is 3.36. The lowest BCUT2D eigenvalue weighted by Crippen LogP contribution is -2.49. The van der Waals surface area contributed by atoms with E-state index in [1.807, 2.05) is 42.6 Å². The summed E-state index contributed by atoms with van der Waals surface area (Å²) >= 11 is 0.